The summed E-state index contributed by atoms with van der Waals surface area (Å²) in [5, 5.41) is 0. The van der Waals surface area contributed by atoms with E-state index in [-0.39, 0.29) is 12.1 Å². The molecule has 4 heteroatoms. The summed E-state index contributed by atoms with van der Waals surface area (Å²) in [5.74, 6) is 0. The first-order valence-corrected chi connectivity index (χ1v) is 4.04. The lowest BCUT2D eigenvalue weighted by Crippen LogP contribution is -2.31. The molecule has 12 heavy (non-hydrogen) atoms. The van der Waals surface area contributed by atoms with Gasteiger partial charge >= 0.3 is 0 Å². The van der Waals surface area contributed by atoms with Gasteiger partial charge in [0.2, 0.25) is 0 Å². The summed E-state index contributed by atoms with van der Waals surface area (Å²) in [6, 6.07) is 0.0629. The van der Waals surface area contributed by atoms with Crippen LogP contribution < -0.4 is 5.73 Å². The van der Waals surface area contributed by atoms with Crippen molar-refractivity contribution in [2.45, 2.75) is 32.6 Å². The zero-order chi connectivity index (χ0) is 8.97. The van der Waals surface area contributed by atoms with Crippen LogP contribution in [0.3, 0.4) is 0 Å². The van der Waals surface area contributed by atoms with E-state index in [1.807, 2.05) is 13.8 Å². The summed E-state index contributed by atoms with van der Waals surface area (Å²) in [6.07, 6.45) is 3.46. The summed E-state index contributed by atoms with van der Waals surface area (Å²) in [6.45, 7) is 4.43. The molecular weight excluding hydrogens is 154 g/mol. The third-order valence-electron chi connectivity index (χ3n) is 1.80. The Bertz CT molecular complexity index is 208. The Labute approximate surface area is 72.1 Å². The van der Waals surface area contributed by atoms with Gasteiger partial charge in [-0.25, -0.2) is 4.98 Å². The van der Waals surface area contributed by atoms with Gasteiger partial charge < -0.3 is 15.5 Å². The van der Waals surface area contributed by atoms with Crippen molar-refractivity contribution in [3.05, 3.63) is 18.2 Å². The van der Waals surface area contributed by atoms with Crippen molar-refractivity contribution in [3.8, 4) is 0 Å². The molecule has 0 aliphatic carbocycles. The summed E-state index contributed by atoms with van der Waals surface area (Å²) >= 11 is 0. The number of ether oxygens (including phenoxy) is 1. The highest BCUT2D eigenvalue weighted by atomic mass is 16.5. The van der Waals surface area contributed by atoms with Crippen LogP contribution in [0.1, 0.15) is 19.5 Å². The van der Waals surface area contributed by atoms with Crippen molar-refractivity contribution in [3.63, 3.8) is 0 Å². The van der Waals surface area contributed by atoms with Crippen LogP contribution in [0.5, 0.6) is 0 Å². The number of aromatic amines is 1. The number of rotatable bonds is 4. The topological polar surface area (TPSA) is 63.9 Å². The molecule has 0 aromatic carbocycles. The van der Waals surface area contributed by atoms with Crippen molar-refractivity contribution in [1.82, 2.24) is 9.97 Å². The highest BCUT2D eigenvalue weighted by Crippen LogP contribution is 2.00. The van der Waals surface area contributed by atoms with Crippen molar-refractivity contribution in [2.75, 3.05) is 0 Å². The summed E-state index contributed by atoms with van der Waals surface area (Å²) in [7, 11) is 0. The second-order valence-electron chi connectivity index (χ2n) is 2.95. The minimum absolute atomic E-state index is 0.0629. The number of nitrogens with two attached hydrogens (primary N) is 1. The van der Waals surface area contributed by atoms with E-state index in [2.05, 4.69) is 9.97 Å². The molecule has 0 bridgehead atoms. The average Bonchev–Trinajstić information content (AvgIpc) is 2.51. The standard InChI is InChI=1S/C8H15N3O/c1-6(9)7(2)12-4-8-3-10-5-11-8/h3,5-7H,4,9H2,1-2H3,(H,10,11)/t6-,7-/m0/s1. The van der Waals surface area contributed by atoms with E-state index in [4.69, 9.17) is 10.5 Å². The normalized spacial score (nSPS) is 15.9. The van der Waals surface area contributed by atoms with E-state index in [0.29, 0.717) is 6.61 Å². The molecule has 0 spiro atoms. The van der Waals surface area contributed by atoms with Gasteiger partial charge in [-0.2, -0.15) is 0 Å². The third kappa shape index (κ3) is 2.64. The molecule has 0 aliphatic heterocycles. The highest BCUT2D eigenvalue weighted by Gasteiger charge is 2.07. The van der Waals surface area contributed by atoms with E-state index >= 15 is 0 Å². The van der Waals surface area contributed by atoms with E-state index in [9.17, 15) is 0 Å². The first kappa shape index (κ1) is 9.22. The molecule has 0 saturated heterocycles. The lowest BCUT2D eigenvalue weighted by Gasteiger charge is -2.15. The van der Waals surface area contributed by atoms with Gasteiger partial charge in [-0.05, 0) is 13.8 Å². The Morgan fingerprint density at radius 2 is 2.42 bits per heavy atom. The van der Waals surface area contributed by atoms with Crippen molar-refractivity contribution < 1.29 is 4.74 Å². The molecule has 1 aromatic rings. The smallest absolute Gasteiger partial charge is 0.0922 e. The number of aromatic nitrogens is 2. The van der Waals surface area contributed by atoms with Gasteiger partial charge in [0.15, 0.2) is 0 Å². The van der Waals surface area contributed by atoms with Crippen LogP contribution in [0.15, 0.2) is 12.5 Å². The number of H-pyrrole nitrogens is 1. The predicted octanol–water partition coefficient (Wildman–Crippen LogP) is 0.662. The molecular formula is C8H15N3O. The minimum atomic E-state index is 0.0629. The SMILES string of the molecule is C[C@H](N)[C@H](C)OCc1cnc[nH]1. The van der Waals surface area contributed by atoms with Gasteiger partial charge in [0, 0.05) is 6.04 Å². The molecule has 0 aliphatic rings. The lowest BCUT2D eigenvalue weighted by molar-refractivity contribution is 0.0382. The van der Waals surface area contributed by atoms with Crippen LogP contribution in [0.25, 0.3) is 0 Å². The Morgan fingerprint density at radius 1 is 1.67 bits per heavy atom. The Morgan fingerprint density at radius 3 is 2.92 bits per heavy atom. The number of hydrogen-bond donors (Lipinski definition) is 2. The zero-order valence-electron chi connectivity index (χ0n) is 7.45. The largest absolute Gasteiger partial charge is 0.371 e. The molecule has 1 aromatic heterocycles. The van der Waals surface area contributed by atoms with E-state index in [1.54, 1.807) is 12.5 Å². The second kappa shape index (κ2) is 4.23. The molecule has 4 nitrogen and oxygen atoms in total. The molecule has 1 rings (SSSR count). The quantitative estimate of drug-likeness (QED) is 0.696. The highest BCUT2D eigenvalue weighted by molar-refractivity contribution is 4.91. The summed E-state index contributed by atoms with van der Waals surface area (Å²) < 4.78 is 5.45. The van der Waals surface area contributed by atoms with Gasteiger partial charge in [0.1, 0.15) is 0 Å². The molecule has 0 saturated carbocycles. The Balaban J connectivity index is 2.27. The summed E-state index contributed by atoms with van der Waals surface area (Å²) in [4.78, 5) is 6.83. The fourth-order valence-corrected chi connectivity index (χ4v) is 0.737. The van der Waals surface area contributed by atoms with Crippen LogP contribution in [-0.2, 0) is 11.3 Å². The molecule has 2 atom stereocenters. The molecule has 1 heterocycles. The van der Waals surface area contributed by atoms with Gasteiger partial charge in [-0.15, -0.1) is 0 Å². The van der Waals surface area contributed by atoms with E-state index < -0.39 is 0 Å². The Hall–Kier alpha value is -0.870. The van der Waals surface area contributed by atoms with Crippen LogP contribution >= 0.6 is 0 Å². The maximum Gasteiger partial charge on any atom is 0.0922 e. The van der Waals surface area contributed by atoms with Gasteiger partial charge in [-0.3, -0.25) is 0 Å². The van der Waals surface area contributed by atoms with Crippen molar-refractivity contribution >= 4 is 0 Å². The second-order valence-corrected chi connectivity index (χ2v) is 2.95. The first-order valence-electron chi connectivity index (χ1n) is 4.04. The number of hydrogen-bond acceptors (Lipinski definition) is 3. The monoisotopic (exact) mass is 169 g/mol. The zero-order valence-corrected chi connectivity index (χ0v) is 7.45. The Kier molecular flexibility index (Phi) is 3.25. The van der Waals surface area contributed by atoms with Gasteiger partial charge in [0.25, 0.3) is 0 Å². The van der Waals surface area contributed by atoms with Crippen LogP contribution in [0.4, 0.5) is 0 Å². The fraction of sp³-hybridized carbons (Fsp3) is 0.625. The van der Waals surface area contributed by atoms with Crippen LogP contribution in [0, 0.1) is 0 Å². The third-order valence-corrected chi connectivity index (χ3v) is 1.80. The number of nitrogens with one attached hydrogen (secondary N) is 1. The van der Waals surface area contributed by atoms with Gasteiger partial charge in [-0.1, -0.05) is 0 Å². The van der Waals surface area contributed by atoms with Crippen molar-refractivity contribution in [1.29, 1.82) is 0 Å². The molecule has 3 N–H and O–H groups in total. The molecule has 0 fully saturated rings. The molecule has 0 radical (unpaired) electrons. The van der Waals surface area contributed by atoms with E-state index in [1.165, 1.54) is 0 Å². The fourth-order valence-electron chi connectivity index (χ4n) is 0.737. The van der Waals surface area contributed by atoms with E-state index in [0.717, 1.165) is 5.69 Å². The predicted molar refractivity (Wildman–Crippen MR) is 46.5 cm³/mol. The maximum atomic E-state index is 5.62. The average molecular weight is 169 g/mol. The van der Waals surface area contributed by atoms with Crippen molar-refractivity contribution in [2.24, 2.45) is 5.73 Å². The molecule has 68 valence electrons. The molecule has 0 amide bonds. The van der Waals surface area contributed by atoms with Crippen LogP contribution in [-0.4, -0.2) is 22.1 Å². The minimum Gasteiger partial charge on any atom is -0.371 e. The van der Waals surface area contributed by atoms with Gasteiger partial charge in [0.05, 0.1) is 30.9 Å². The van der Waals surface area contributed by atoms with Crippen LogP contribution in [0.2, 0.25) is 0 Å². The number of imidazole rings is 1. The summed E-state index contributed by atoms with van der Waals surface area (Å²) in [5.41, 5.74) is 6.60. The number of nitrogens with zero attached hydrogens (tertiary/aromatic N) is 1. The lowest BCUT2D eigenvalue weighted by atomic mass is 10.2. The first-order chi connectivity index (χ1) is 5.70. The maximum absolute atomic E-state index is 5.62. The molecule has 0 unspecified atom stereocenters.